The fraction of sp³-hybridized carbons (Fsp3) is 0.208. The molecule has 0 aliphatic heterocycles. The number of aliphatic imine (C=N–C) groups is 1. The molecule has 6 heteroatoms. The summed E-state index contributed by atoms with van der Waals surface area (Å²) in [5, 5.41) is 34.1. The number of aromatic hydroxyl groups is 1. The fourth-order valence-electron chi connectivity index (χ4n) is 3.19. The van der Waals surface area contributed by atoms with Crippen molar-refractivity contribution in [2.24, 2.45) is 4.99 Å². The summed E-state index contributed by atoms with van der Waals surface area (Å²) in [6.45, 7) is 4.15. The molecule has 0 fully saturated rings. The van der Waals surface area contributed by atoms with Gasteiger partial charge in [0.2, 0.25) is 0 Å². The standard InChI is InChI=1S/C24H24N2O4/c1-3-16(2)19-9-10-23(27)21(14-19)25-15-20-12-18(11-17-7-5-4-6-8-17)13-22(24(20)28)26(29)30/h4-10,12-16,27-28H,3,11H2,1-2H3/p-1/t16-/m1/s1. The topological polar surface area (TPSA) is 98.8 Å². The maximum absolute atomic E-state index is 12.5. The zero-order valence-electron chi connectivity index (χ0n) is 16.9. The normalized spacial score (nSPS) is 12.2. The quantitative estimate of drug-likeness (QED) is 0.332. The predicted molar refractivity (Wildman–Crippen MR) is 116 cm³/mol. The van der Waals surface area contributed by atoms with Crippen LogP contribution in [0.5, 0.6) is 11.5 Å². The first-order valence-corrected chi connectivity index (χ1v) is 9.78. The number of rotatable bonds is 7. The van der Waals surface area contributed by atoms with Crippen LogP contribution in [0.15, 0.2) is 65.7 Å². The molecule has 154 valence electrons. The molecule has 1 N–H and O–H groups in total. The number of nitro groups is 1. The molecule has 3 rings (SSSR count). The van der Waals surface area contributed by atoms with E-state index in [-0.39, 0.29) is 11.3 Å². The second kappa shape index (κ2) is 9.22. The van der Waals surface area contributed by atoms with Crippen LogP contribution in [0, 0.1) is 10.1 Å². The van der Waals surface area contributed by atoms with Crippen LogP contribution in [0.4, 0.5) is 11.4 Å². The molecule has 3 aromatic rings. The summed E-state index contributed by atoms with van der Waals surface area (Å²) < 4.78 is 0. The van der Waals surface area contributed by atoms with Crippen LogP contribution in [0.1, 0.15) is 48.4 Å². The Morgan fingerprint density at radius 3 is 2.50 bits per heavy atom. The molecule has 0 unspecified atom stereocenters. The van der Waals surface area contributed by atoms with E-state index < -0.39 is 16.4 Å². The molecule has 0 aliphatic rings. The Bertz CT molecular complexity index is 1080. The Hall–Kier alpha value is -3.67. The van der Waals surface area contributed by atoms with Gasteiger partial charge >= 0.3 is 0 Å². The smallest absolute Gasteiger partial charge is 0.262 e. The Balaban J connectivity index is 2.00. The first-order chi connectivity index (χ1) is 14.4. The summed E-state index contributed by atoms with van der Waals surface area (Å²) >= 11 is 0. The van der Waals surface area contributed by atoms with Gasteiger partial charge in [-0.05, 0) is 65.0 Å². The van der Waals surface area contributed by atoms with Gasteiger partial charge in [0.25, 0.3) is 5.69 Å². The molecule has 3 aromatic carbocycles. The molecule has 0 heterocycles. The van der Waals surface area contributed by atoms with Crippen LogP contribution in [0.3, 0.4) is 0 Å². The largest absolute Gasteiger partial charge is 0.867 e. The number of phenols is 1. The minimum atomic E-state index is -0.696. The Morgan fingerprint density at radius 2 is 1.83 bits per heavy atom. The van der Waals surface area contributed by atoms with Crippen LogP contribution < -0.4 is 5.11 Å². The van der Waals surface area contributed by atoms with Crippen LogP contribution in [-0.2, 0) is 6.42 Å². The second-order valence-corrected chi connectivity index (χ2v) is 7.27. The first kappa shape index (κ1) is 21.0. The van der Waals surface area contributed by atoms with E-state index in [4.69, 9.17) is 0 Å². The Labute approximate surface area is 175 Å². The van der Waals surface area contributed by atoms with Crippen molar-refractivity contribution in [3.63, 3.8) is 0 Å². The molecule has 0 amide bonds. The average Bonchev–Trinajstić information content (AvgIpc) is 2.74. The van der Waals surface area contributed by atoms with Crippen molar-refractivity contribution in [3.05, 3.63) is 93.0 Å². The molecule has 0 bridgehead atoms. The summed E-state index contributed by atoms with van der Waals surface area (Å²) in [5.41, 5.74) is 2.60. The van der Waals surface area contributed by atoms with E-state index in [1.54, 1.807) is 18.2 Å². The molecular weight excluding hydrogens is 380 g/mol. The molecular formula is C24H23N2O4-. The third-order valence-electron chi connectivity index (χ3n) is 5.13. The van der Waals surface area contributed by atoms with Gasteiger partial charge in [-0.1, -0.05) is 50.2 Å². The lowest BCUT2D eigenvalue weighted by Crippen LogP contribution is -2.04. The molecule has 0 saturated carbocycles. The molecule has 0 radical (unpaired) electrons. The minimum absolute atomic E-state index is 0.0132. The van der Waals surface area contributed by atoms with Gasteiger partial charge in [0.15, 0.2) is 0 Å². The van der Waals surface area contributed by atoms with Gasteiger partial charge in [-0.15, -0.1) is 0 Å². The lowest BCUT2D eigenvalue weighted by atomic mass is 9.98. The highest BCUT2D eigenvalue weighted by molar-refractivity contribution is 5.88. The summed E-state index contributed by atoms with van der Waals surface area (Å²) in [4.78, 5) is 15.0. The molecule has 0 aliphatic carbocycles. The number of benzene rings is 3. The summed E-state index contributed by atoms with van der Waals surface area (Å²) in [6.07, 6.45) is 2.68. The monoisotopic (exact) mass is 403 g/mol. The van der Waals surface area contributed by atoms with Gasteiger partial charge in [0.1, 0.15) is 11.4 Å². The van der Waals surface area contributed by atoms with Crippen molar-refractivity contribution in [3.8, 4) is 11.5 Å². The van der Waals surface area contributed by atoms with Crippen LogP contribution in [-0.4, -0.2) is 16.2 Å². The lowest BCUT2D eigenvalue weighted by molar-refractivity contribution is -0.398. The highest BCUT2D eigenvalue weighted by Gasteiger charge is 2.13. The van der Waals surface area contributed by atoms with Gasteiger partial charge in [-0.2, -0.15) is 0 Å². The first-order valence-electron chi connectivity index (χ1n) is 9.78. The van der Waals surface area contributed by atoms with Gasteiger partial charge in [0.05, 0.1) is 4.92 Å². The van der Waals surface area contributed by atoms with E-state index in [2.05, 4.69) is 18.8 Å². The molecule has 0 aromatic heterocycles. The molecule has 30 heavy (non-hydrogen) atoms. The van der Waals surface area contributed by atoms with E-state index in [0.717, 1.165) is 17.5 Å². The highest BCUT2D eigenvalue weighted by atomic mass is 16.6. The van der Waals surface area contributed by atoms with Gasteiger partial charge < -0.3 is 10.2 Å². The van der Waals surface area contributed by atoms with Gasteiger partial charge in [-0.25, -0.2) is 0 Å². The van der Waals surface area contributed by atoms with Crippen molar-refractivity contribution in [2.45, 2.75) is 32.6 Å². The molecule has 1 atom stereocenters. The average molecular weight is 403 g/mol. The van der Waals surface area contributed by atoms with Crippen LogP contribution in [0.25, 0.3) is 0 Å². The fourth-order valence-corrected chi connectivity index (χ4v) is 3.19. The van der Waals surface area contributed by atoms with Crippen molar-refractivity contribution >= 4 is 17.6 Å². The Kier molecular flexibility index (Phi) is 6.47. The summed E-state index contributed by atoms with van der Waals surface area (Å²) in [5.74, 6) is -0.413. The highest BCUT2D eigenvalue weighted by Crippen LogP contribution is 2.33. The third-order valence-corrected chi connectivity index (χ3v) is 5.13. The van der Waals surface area contributed by atoms with Crippen LogP contribution >= 0.6 is 0 Å². The zero-order valence-corrected chi connectivity index (χ0v) is 16.9. The summed E-state index contributed by atoms with van der Waals surface area (Å²) in [6, 6.07) is 17.6. The second-order valence-electron chi connectivity index (χ2n) is 7.27. The van der Waals surface area contributed by atoms with Crippen LogP contribution in [0.2, 0.25) is 0 Å². The van der Waals surface area contributed by atoms with E-state index in [1.807, 2.05) is 36.4 Å². The van der Waals surface area contributed by atoms with E-state index >= 15 is 0 Å². The van der Waals surface area contributed by atoms with E-state index in [0.29, 0.717) is 23.6 Å². The molecule has 0 spiro atoms. The van der Waals surface area contributed by atoms with Gasteiger partial charge in [-0.3, -0.25) is 15.1 Å². The minimum Gasteiger partial charge on any atom is -0.867 e. The maximum atomic E-state index is 12.5. The Morgan fingerprint density at radius 1 is 1.10 bits per heavy atom. The molecule has 6 nitrogen and oxygen atoms in total. The number of hydrogen-bond donors (Lipinski definition) is 1. The van der Waals surface area contributed by atoms with E-state index in [9.17, 15) is 20.3 Å². The van der Waals surface area contributed by atoms with Crippen molar-refractivity contribution in [1.29, 1.82) is 0 Å². The zero-order chi connectivity index (χ0) is 21.7. The molecule has 0 saturated heterocycles. The lowest BCUT2D eigenvalue weighted by Gasteiger charge is -2.14. The number of phenolic OH excluding ortho intramolecular Hbond substituents is 1. The SMILES string of the molecule is CC[C@@H](C)c1ccc(O)c(N=Cc2cc(Cc3ccccc3)cc([N+](=O)[O-])c2[O-])c1. The van der Waals surface area contributed by atoms with Gasteiger partial charge in [0, 0.05) is 12.3 Å². The van der Waals surface area contributed by atoms with Crippen molar-refractivity contribution in [2.75, 3.05) is 0 Å². The summed E-state index contributed by atoms with van der Waals surface area (Å²) in [7, 11) is 0. The van der Waals surface area contributed by atoms with Crippen molar-refractivity contribution in [1.82, 2.24) is 0 Å². The van der Waals surface area contributed by atoms with E-state index in [1.165, 1.54) is 12.3 Å². The maximum Gasteiger partial charge on any atom is 0.262 e. The predicted octanol–water partition coefficient (Wildman–Crippen LogP) is 5.23. The number of nitro benzene ring substituents is 1. The number of hydrogen-bond acceptors (Lipinski definition) is 5. The number of nitrogens with zero attached hydrogens (tertiary/aromatic N) is 2. The third kappa shape index (κ3) is 4.84. The van der Waals surface area contributed by atoms with Crippen molar-refractivity contribution < 1.29 is 15.1 Å².